The Balaban J connectivity index is 1.60. The van der Waals surface area contributed by atoms with Crippen molar-refractivity contribution in [3.63, 3.8) is 0 Å². The van der Waals surface area contributed by atoms with Gasteiger partial charge in [-0.1, -0.05) is 31.0 Å². The first-order valence-electron chi connectivity index (χ1n) is 8.60. The SMILES string of the molecule is CCn1nc(CNC(=O)CN(C)C2CCCC2)c2ccccc21. The molecule has 1 saturated carbocycles. The Morgan fingerprint density at radius 3 is 2.83 bits per heavy atom. The molecule has 1 aromatic carbocycles. The summed E-state index contributed by atoms with van der Waals surface area (Å²) < 4.78 is 1.99. The van der Waals surface area contributed by atoms with E-state index in [2.05, 4.69) is 41.4 Å². The minimum absolute atomic E-state index is 0.0783. The third kappa shape index (κ3) is 3.55. The Morgan fingerprint density at radius 2 is 2.09 bits per heavy atom. The van der Waals surface area contributed by atoms with Gasteiger partial charge in [0.1, 0.15) is 0 Å². The van der Waals surface area contributed by atoms with E-state index in [9.17, 15) is 4.79 Å². The lowest BCUT2D eigenvalue weighted by Crippen LogP contribution is -2.39. The third-order valence-electron chi connectivity index (χ3n) is 4.83. The first-order valence-corrected chi connectivity index (χ1v) is 8.60. The Kier molecular flexibility index (Phi) is 4.96. The van der Waals surface area contributed by atoms with Crippen molar-refractivity contribution in [2.24, 2.45) is 0 Å². The molecule has 0 unspecified atom stereocenters. The van der Waals surface area contributed by atoms with Crippen LogP contribution in [0.1, 0.15) is 38.3 Å². The number of nitrogens with zero attached hydrogens (tertiary/aromatic N) is 3. The van der Waals surface area contributed by atoms with Gasteiger partial charge in [-0.3, -0.25) is 14.4 Å². The maximum Gasteiger partial charge on any atom is 0.234 e. The second-order valence-electron chi connectivity index (χ2n) is 6.41. The highest BCUT2D eigenvalue weighted by Gasteiger charge is 2.21. The minimum atomic E-state index is 0.0783. The number of amides is 1. The Bertz CT molecular complexity index is 673. The van der Waals surface area contributed by atoms with Crippen LogP contribution >= 0.6 is 0 Å². The van der Waals surface area contributed by atoms with Crippen LogP contribution in [0.15, 0.2) is 24.3 Å². The van der Waals surface area contributed by atoms with Crippen molar-refractivity contribution < 1.29 is 4.79 Å². The van der Waals surface area contributed by atoms with Crippen molar-refractivity contribution in [2.45, 2.75) is 51.7 Å². The lowest BCUT2D eigenvalue weighted by atomic mass is 10.2. The highest BCUT2D eigenvalue weighted by molar-refractivity contribution is 5.83. The van der Waals surface area contributed by atoms with E-state index in [1.165, 1.54) is 25.7 Å². The van der Waals surface area contributed by atoms with Gasteiger partial charge in [0.2, 0.25) is 5.91 Å². The molecule has 0 aliphatic heterocycles. The van der Waals surface area contributed by atoms with Crippen molar-refractivity contribution in [2.75, 3.05) is 13.6 Å². The van der Waals surface area contributed by atoms with E-state index in [-0.39, 0.29) is 5.91 Å². The average molecular weight is 314 g/mol. The molecule has 2 aromatic rings. The third-order valence-corrected chi connectivity index (χ3v) is 4.83. The number of hydrogen-bond donors (Lipinski definition) is 1. The molecule has 23 heavy (non-hydrogen) atoms. The van der Waals surface area contributed by atoms with Gasteiger partial charge < -0.3 is 5.32 Å². The molecule has 0 radical (unpaired) electrons. The largest absolute Gasteiger partial charge is 0.349 e. The molecule has 124 valence electrons. The van der Waals surface area contributed by atoms with Crippen molar-refractivity contribution >= 4 is 16.8 Å². The Hall–Kier alpha value is -1.88. The lowest BCUT2D eigenvalue weighted by Gasteiger charge is -2.23. The first kappa shape index (κ1) is 16.0. The molecule has 5 nitrogen and oxygen atoms in total. The molecule has 1 aromatic heterocycles. The summed E-state index contributed by atoms with van der Waals surface area (Å²) in [5.41, 5.74) is 2.07. The van der Waals surface area contributed by atoms with Gasteiger partial charge in [-0.05, 0) is 32.9 Å². The number of likely N-dealkylation sites (N-methyl/N-ethyl adjacent to an activating group) is 1. The molecule has 1 fully saturated rings. The maximum atomic E-state index is 12.2. The number of aromatic nitrogens is 2. The molecule has 1 aliphatic rings. The van der Waals surface area contributed by atoms with E-state index in [1.54, 1.807) is 0 Å². The van der Waals surface area contributed by atoms with Crippen LogP contribution in [0.4, 0.5) is 0 Å². The molecule has 1 N–H and O–H groups in total. The van der Waals surface area contributed by atoms with Crippen LogP contribution in [0, 0.1) is 0 Å². The maximum absolute atomic E-state index is 12.2. The molecule has 3 rings (SSSR count). The van der Waals surface area contributed by atoms with Gasteiger partial charge in [-0.15, -0.1) is 0 Å². The summed E-state index contributed by atoms with van der Waals surface area (Å²) in [7, 11) is 2.05. The summed E-state index contributed by atoms with van der Waals surface area (Å²) >= 11 is 0. The molecule has 1 amide bonds. The zero-order valence-corrected chi connectivity index (χ0v) is 14.1. The van der Waals surface area contributed by atoms with Gasteiger partial charge in [0.25, 0.3) is 0 Å². The monoisotopic (exact) mass is 314 g/mol. The molecule has 0 spiro atoms. The number of nitrogens with one attached hydrogen (secondary N) is 1. The molecule has 0 atom stereocenters. The van der Waals surface area contributed by atoms with Crippen molar-refractivity contribution in [3.05, 3.63) is 30.0 Å². The van der Waals surface area contributed by atoms with E-state index in [1.807, 2.05) is 16.8 Å². The minimum Gasteiger partial charge on any atom is -0.349 e. The predicted octanol–water partition coefficient (Wildman–Crippen LogP) is 2.55. The lowest BCUT2D eigenvalue weighted by molar-refractivity contribution is -0.122. The predicted molar refractivity (Wildman–Crippen MR) is 92.1 cm³/mol. The summed E-state index contributed by atoms with van der Waals surface area (Å²) in [4.78, 5) is 14.4. The van der Waals surface area contributed by atoms with Gasteiger partial charge in [0.05, 0.1) is 24.3 Å². The van der Waals surface area contributed by atoms with E-state index >= 15 is 0 Å². The topological polar surface area (TPSA) is 50.2 Å². The number of benzene rings is 1. The zero-order chi connectivity index (χ0) is 16.2. The number of para-hydroxylation sites is 1. The zero-order valence-electron chi connectivity index (χ0n) is 14.1. The fourth-order valence-electron chi connectivity index (χ4n) is 3.51. The standard InChI is InChI=1S/C18H26N4O/c1-3-22-17-11-7-6-10-15(17)16(20-22)12-19-18(23)13-21(2)14-8-4-5-9-14/h6-7,10-11,14H,3-5,8-9,12-13H2,1-2H3,(H,19,23). The first-order chi connectivity index (χ1) is 11.2. The second-order valence-corrected chi connectivity index (χ2v) is 6.41. The quantitative estimate of drug-likeness (QED) is 0.891. The molecule has 0 saturated heterocycles. The van der Waals surface area contributed by atoms with Crippen LogP contribution in [-0.2, 0) is 17.9 Å². The van der Waals surface area contributed by atoms with Crippen LogP contribution in [0.3, 0.4) is 0 Å². The van der Waals surface area contributed by atoms with Crippen LogP contribution in [0.5, 0.6) is 0 Å². The molecule has 0 bridgehead atoms. The number of aryl methyl sites for hydroxylation is 1. The number of carbonyl (C=O) groups is 1. The molecular formula is C18H26N4O. The molecule has 1 aliphatic carbocycles. The summed E-state index contributed by atoms with van der Waals surface area (Å²) in [5, 5.41) is 8.78. The van der Waals surface area contributed by atoms with Crippen molar-refractivity contribution in [3.8, 4) is 0 Å². The van der Waals surface area contributed by atoms with Crippen LogP contribution in [0.25, 0.3) is 10.9 Å². The van der Waals surface area contributed by atoms with Gasteiger partial charge in [-0.2, -0.15) is 5.10 Å². The highest BCUT2D eigenvalue weighted by atomic mass is 16.2. The molecule has 1 heterocycles. The van der Waals surface area contributed by atoms with E-state index in [0.29, 0.717) is 19.1 Å². The van der Waals surface area contributed by atoms with Gasteiger partial charge >= 0.3 is 0 Å². The Labute approximate surface area is 137 Å². The number of hydrogen-bond acceptors (Lipinski definition) is 3. The van der Waals surface area contributed by atoms with Crippen molar-refractivity contribution in [1.29, 1.82) is 0 Å². The van der Waals surface area contributed by atoms with Gasteiger partial charge in [-0.25, -0.2) is 0 Å². The fourth-order valence-corrected chi connectivity index (χ4v) is 3.51. The summed E-state index contributed by atoms with van der Waals surface area (Å²) in [6.07, 6.45) is 5.01. The number of fused-ring (bicyclic) bond motifs is 1. The van der Waals surface area contributed by atoms with Crippen LogP contribution in [0.2, 0.25) is 0 Å². The van der Waals surface area contributed by atoms with Crippen LogP contribution < -0.4 is 5.32 Å². The summed E-state index contributed by atoms with van der Waals surface area (Å²) in [6, 6.07) is 8.75. The molecule has 5 heteroatoms. The fraction of sp³-hybridized carbons (Fsp3) is 0.556. The van der Waals surface area contributed by atoms with E-state index < -0.39 is 0 Å². The van der Waals surface area contributed by atoms with E-state index in [0.717, 1.165) is 23.1 Å². The van der Waals surface area contributed by atoms with Crippen LogP contribution in [-0.4, -0.2) is 40.2 Å². The smallest absolute Gasteiger partial charge is 0.234 e. The second kappa shape index (κ2) is 7.13. The Morgan fingerprint density at radius 1 is 1.35 bits per heavy atom. The van der Waals surface area contributed by atoms with E-state index in [4.69, 9.17) is 0 Å². The normalized spacial score (nSPS) is 15.6. The highest BCUT2D eigenvalue weighted by Crippen LogP contribution is 2.22. The van der Waals surface area contributed by atoms with Crippen molar-refractivity contribution in [1.82, 2.24) is 20.0 Å². The number of carbonyl (C=O) groups excluding carboxylic acids is 1. The summed E-state index contributed by atoms with van der Waals surface area (Å²) in [6.45, 7) is 3.87. The molecular weight excluding hydrogens is 288 g/mol. The summed E-state index contributed by atoms with van der Waals surface area (Å²) in [5.74, 6) is 0.0783. The van der Waals surface area contributed by atoms with Gasteiger partial charge in [0.15, 0.2) is 0 Å². The van der Waals surface area contributed by atoms with Gasteiger partial charge in [0, 0.05) is 18.0 Å². The average Bonchev–Trinajstić information content (AvgIpc) is 3.21. The number of rotatable bonds is 6.